The maximum Gasteiger partial charge on any atom is 0.322 e. The summed E-state index contributed by atoms with van der Waals surface area (Å²) in [4.78, 5) is 30.5. The second-order valence-corrected chi connectivity index (χ2v) is 10.2. The van der Waals surface area contributed by atoms with Gasteiger partial charge >= 0.3 is 6.03 Å². The van der Waals surface area contributed by atoms with Crippen molar-refractivity contribution in [3.63, 3.8) is 0 Å². The molecule has 3 aromatic rings. The standard InChI is InChI=1S/C31H41N3O4/c1-22(2)27-13-10-14-28(23(3)4)30(27)32-31(36)33(17-18-37-6)21-29(35)34(19-25-11-8-7-9-12-25)20-26-16-15-24(5)38-26/h7-16,22-23H,17-21H2,1-6H3,(H,32,36). The number of urea groups is 1. The van der Waals surface area contributed by atoms with Crippen molar-refractivity contribution >= 4 is 17.6 Å². The average molecular weight is 520 g/mol. The van der Waals surface area contributed by atoms with Gasteiger partial charge in [0.15, 0.2) is 0 Å². The lowest BCUT2D eigenvalue weighted by Gasteiger charge is -2.28. The molecule has 1 heterocycles. The van der Waals surface area contributed by atoms with E-state index in [0.29, 0.717) is 25.5 Å². The monoisotopic (exact) mass is 519 g/mol. The predicted molar refractivity (Wildman–Crippen MR) is 151 cm³/mol. The Balaban J connectivity index is 1.85. The first kappa shape index (κ1) is 29.0. The molecule has 0 aliphatic rings. The highest BCUT2D eigenvalue weighted by atomic mass is 16.5. The summed E-state index contributed by atoms with van der Waals surface area (Å²) in [5.41, 5.74) is 3.97. The molecule has 7 heteroatoms. The summed E-state index contributed by atoms with van der Waals surface area (Å²) in [6, 6.07) is 19.4. The summed E-state index contributed by atoms with van der Waals surface area (Å²) in [6.07, 6.45) is 0. The number of furan rings is 1. The van der Waals surface area contributed by atoms with E-state index in [1.807, 2.05) is 67.6 Å². The molecule has 3 rings (SSSR count). The molecule has 0 saturated carbocycles. The van der Waals surface area contributed by atoms with Crippen LogP contribution in [0.1, 0.15) is 67.7 Å². The van der Waals surface area contributed by atoms with Gasteiger partial charge in [-0.25, -0.2) is 4.79 Å². The van der Waals surface area contributed by atoms with Gasteiger partial charge in [-0.15, -0.1) is 0 Å². The summed E-state index contributed by atoms with van der Waals surface area (Å²) in [5.74, 6) is 1.79. The van der Waals surface area contributed by atoms with E-state index in [0.717, 1.165) is 28.1 Å². The molecule has 1 aromatic heterocycles. The van der Waals surface area contributed by atoms with E-state index < -0.39 is 0 Å². The van der Waals surface area contributed by atoms with E-state index in [1.54, 1.807) is 12.0 Å². The smallest absolute Gasteiger partial charge is 0.322 e. The molecule has 0 bridgehead atoms. The molecule has 2 aromatic carbocycles. The zero-order valence-electron chi connectivity index (χ0n) is 23.5. The number of methoxy groups -OCH3 is 1. The zero-order chi connectivity index (χ0) is 27.7. The molecule has 1 N–H and O–H groups in total. The van der Waals surface area contributed by atoms with Crippen LogP contribution in [0.25, 0.3) is 0 Å². The predicted octanol–water partition coefficient (Wildman–Crippen LogP) is 6.54. The van der Waals surface area contributed by atoms with Gasteiger partial charge in [-0.3, -0.25) is 4.79 Å². The van der Waals surface area contributed by atoms with Crippen LogP contribution in [-0.2, 0) is 22.6 Å². The number of amides is 3. The summed E-state index contributed by atoms with van der Waals surface area (Å²) in [7, 11) is 1.59. The Labute approximate surface area is 226 Å². The number of nitrogens with one attached hydrogen (secondary N) is 1. The maximum atomic E-state index is 13.7. The van der Waals surface area contributed by atoms with Crippen LogP contribution >= 0.6 is 0 Å². The Bertz CT molecular complexity index is 1160. The minimum Gasteiger partial charge on any atom is -0.464 e. The molecule has 7 nitrogen and oxygen atoms in total. The molecule has 38 heavy (non-hydrogen) atoms. The van der Waals surface area contributed by atoms with Gasteiger partial charge in [-0.05, 0) is 47.6 Å². The fourth-order valence-electron chi connectivity index (χ4n) is 4.39. The van der Waals surface area contributed by atoms with Gasteiger partial charge in [0.05, 0.1) is 13.2 Å². The molecule has 0 spiro atoms. The third-order valence-corrected chi connectivity index (χ3v) is 6.50. The Kier molecular flexibility index (Phi) is 10.5. The van der Waals surface area contributed by atoms with Crippen molar-refractivity contribution in [3.8, 4) is 0 Å². The fourth-order valence-corrected chi connectivity index (χ4v) is 4.39. The molecule has 0 saturated heterocycles. The topological polar surface area (TPSA) is 75.0 Å². The molecule has 0 fully saturated rings. The number of hydrogen-bond acceptors (Lipinski definition) is 4. The van der Waals surface area contributed by atoms with Crippen molar-refractivity contribution in [2.24, 2.45) is 0 Å². The van der Waals surface area contributed by atoms with E-state index >= 15 is 0 Å². The second-order valence-electron chi connectivity index (χ2n) is 10.2. The first-order valence-corrected chi connectivity index (χ1v) is 13.2. The fraction of sp³-hybridized carbons (Fsp3) is 0.419. The Morgan fingerprint density at radius 2 is 1.53 bits per heavy atom. The van der Waals surface area contributed by atoms with Gasteiger partial charge in [-0.2, -0.15) is 0 Å². The number of aryl methyl sites for hydroxylation is 1. The number of para-hydroxylation sites is 1. The molecule has 0 aliphatic heterocycles. The van der Waals surface area contributed by atoms with Crippen LogP contribution in [-0.4, -0.2) is 48.5 Å². The SMILES string of the molecule is COCCN(CC(=O)N(Cc1ccccc1)Cc1ccc(C)o1)C(=O)Nc1c(C(C)C)cccc1C(C)C. The number of carbonyl (C=O) groups is 2. The van der Waals surface area contributed by atoms with Crippen LogP contribution in [0.4, 0.5) is 10.5 Å². The highest BCUT2D eigenvalue weighted by molar-refractivity contribution is 5.94. The largest absolute Gasteiger partial charge is 0.464 e. The number of ether oxygens (including phenoxy) is 1. The summed E-state index contributed by atoms with van der Waals surface area (Å²) >= 11 is 0. The van der Waals surface area contributed by atoms with Gasteiger partial charge in [0.2, 0.25) is 5.91 Å². The number of hydrogen-bond donors (Lipinski definition) is 1. The molecule has 204 valence electrons. The van der Waals surface area contributed by atoms with Gasteiger partial charge in [0.25, 0.3) is 0 Å². The van der Waals surface area contributed by atoms with Gasteiger partial charge < -0.3 is 24.3 Å². The highest BCUT2D eigenvalue weighted by Crippen LogP contribution is 2.32. The quantitative estimate of drug-likeness (QED) is 0.295. The van der Waals surface area contributed by atoms with Crippen molar-refractivity contribution in [2.45, 2.75) is 59.5 Å². The zero-order valence-corrected chi connectivity index (χ0v) is 23.5. The Morgan fingerprint density at radius 3 is 2.08 bits per heavy atom. The third kappa shape index (κ3) is 7.96. The van der Waals surface area contributed by atoms with Gasteiger partial charge in [-0.1, -0.05) is 76.2 Å². The number of carbonyl (C=O) groups excluding carboxylic acids is 2. The lowest BCUT2D eigenvalue weighted by atomic mass is 9.93. The molecule has 0 aliphatic carbocycles. The van der Waals surface area contributed by atoms with Crippen LogP contribution in [0.5, 0.6) is 0 Å². The number of anilines is 1. The van der Waals surface area contributed by atoms with E-state index in [1.165, 1.54) is 4.90 Å². The van der Waals surface area contributed by atoms with E-state index in [-0.39, 0.29) is 36.9 Å². The summed E-state index contributed by atoms with van der Waals surface area (Å²) < 4.78 is 11.0. The first-order valence-electron chi connectivity index (χ1n) is 13.2. The Hall–Kier alpha value is -3.58. The molecule has 3 amide bonds. The number of rotatable bonds is 12. The number of nitrogens with zero attached hydrogens (tertiary/aromatic N) is 2. The normalized spacial score (nSPS) is 11.2. The highest BCUT2D eigenvalue weighted by Gasteiger charge is 2.24. The summed E-state index contributed by atoms with van der Waals surface area (Å²) in [5, 5.41) is 3.14. The minimum atomic E-state index is -0.320. The van der Waals surface area contributed by atoms with Crippen LogP contribution in [0.3, 0.4) is 0 Å². The van der Waals surface area contributed by atoms with Crippen LogP contribution in [0.2, 0.25) is 0 Å². The van der Waals surface area contributed by atoms with E-state index in [9.17, 15) is 9.59 Å². The molecule has 0 radical (unpaired) electrons. The van der Waals surface area contributed by atoms with E-state index in [2.05, 4.69) is 33.0 Å². The summed E-state index contributed by atoms with van der Waals surface area (Å²) in [6.45, 7) is 11.6. The molecular weight excluding hydrogens is 478 g/mol. The lowest BCUT2D eigenvalue weighted by molar-refractivity contribution is -0.133. The average Bonchev–Trinajstić information content (AvgIpc) is 3.30. The van der Waals surface area contributed by atoms with E-state index in [4.69, 9.17) is 9.15 Å². The van der Waals surface area contributed by atoms with Crippen molar-refractivity contribution < 1.29 is 18.7 Å². The van der Waals surface area contributed by atoms with Crippen molar-refractivity contribution in [1.82, 2.24) is 9.80 Å². The van der Waals surface area contributed by atoms with Gasteiger partial charge in [0, 0.05) is 25.9 Å². The minimum absolute atomic E-state index is 0.0808. The third-order valence-electron chi connectivity index (χ3n) is 6.50. The van der Waals surface area contributed by atoms with Gasteiger partial charge in [0.1, 0.15) is 18.1 Å². The Morgan fingerprint density at radius 1 is 0.868 bits per heavy atom. The van der Waals surface area contributed by atoms with Crippen molar-refractivity contribution in [1.29, 1.82) is 0 Å². The first-order chi connectivity index (χ1) is 18.2. The van der Waals surface area contributed by atoms with Crippen molar-refractivity contribution in [2.75, 3.05) is 32.1 Å². The number of benzene rings is 2. The van der Waals surface area contributed by atoms with Crippen molar-refractivity contribution in [3.05, 3.63) is 88.9 Å². The molecular formula is C31H41N3O4. The van der Waals surface area contributed by atoms with Crippen LogP contribution < -0.4 is 5.32 Å². The maximum absolute atomic E-state index is 13.7. The molecule has 0 atom stereocenters. The lowest BCUT2D eigenvalue weighted by Crippen LogP contribution is -2.45. The van der Waals surface area contributed by atoms with Crippen LogP contribution in [0, 0.1) is 6.92 Å². The van der Waals surface area contributed by atoms with Crippen LogP contribution in [0.15, 0.2) is 65.1 Å². The molecule has 0 unspecified atom stereocenters. The second kappa shape index (κ2) is 13.8.